The van der Waals surface area contributed by atoms with Crippen molar-refractivity contribution in [3.05, 3.63) is 0 Å². The van der Waals surface area contributed by atoms with Crippen LogP contribution in [0.2, 0.25) is 0 Å². The van der Waals surface area contributed by atoms with Crippen molar-refractivity contribution in [1.82, 2.24) is 5.06 Å². The number of rotatable bonds is 1. The van der Waals surface area contributed by atoms with E-state index in [2.05, 4.69) is 0 Å². The van der Waals surface area contributed by atoms with E-state index in [1.165, 1.54) is 11.8 Å². The summed E-state index contributed by atoms with van der Waals surface area (Å²) in [6, 6.07) is 0.138. The van der Waals surface area contributed by atoms with Crippen molar-refractivity contribution in [3.63, 3.8) is 0 Å². The number of hydrogen-bond donors (Lipinski definition) is 0. The lowest BCUT2D eigenvalue weighted by molar-refractivity contribution is -0.171. The number of piperidine rings is 1. The van der Waals surface area contributed by atoms with Gasteiger partial charge in [0.15, 0.2) is 5.12 Å². The van der Waals surface area contributed by atoms with Gasteiger partial charge in [-0.2, -0.15) is 5.06 Å². The first-order valence-electron chi connectivity index (χ1n) is 6.94. The molecule has 3 aliphatic rings. The number of hydroxylamine groups is 2. The molecule has 3 aliphatic heterocycles. The molecule has 3 rings (SSSR count). The molecule has 0 bridgehead atoms. The first-order valence-corrected chi connectivity index (χ1v) is 7.82. The van der Waals surface area contributed by atoms with E-state index in [0.717, 1.165) is 25.8 Å². The van der Waals surface area contributed by atoms with Crippen molar-refractivity contribution in [3.8, 4) is 0 Å². The van der Waals surface area contributed by atoms with Crippen LogP contribution in [0.4, 0.5) is 0 Å². The maximum absolute atomic E-state index is 12.2. The molecule has 19 heavy (non-hydrogen) atoms. The van der Waals surface area contributed by atoms with Gasteiger partial charge in [-0.15, -0.1) is 0 Å². The third-order valence-electron chi connectivity index (χ3n) is 4.13. The predicted molar refractivity (Wildman–Crippen MR) is 70.3 cm³/mol. The molecule has 106 valence electrons. The van der Waals surface area contributed by atoms with Crippen LogP contribution >= 0.6 is 11.8 Å². The average Bonchev–Trinajstić information content (AvgIpc) is 2.69. The number of ether oxygens (including phenoxy) is 1. The minimum absolute atomic E-state index is 0.0274. The SMILES string of the molecule is CC(=O)S[C@H]1CCOC(=O)[C@H]2[C@@H]1ON1CCCC[C@H]21. The van der Waals surface area contributed by atoms with Gasteiger partial charge in [0.2, 0.25) is 0 Å². The third-order valence-corrected chi connectivity index (χ3v) is 5.27. The zero-order chi connectivity index (χ0) is 13.4. The first kappa shape index (κ1) is 13.4. The Morgan fingerprint density at radius 1 is 1.37 bits per heavy atom. The van der Waals surface area contributed by atoms with E-state index in [0.29, 0.717) is 13.0 Å². The fraction of sp³-hybridized carbons (Fsp3) is 0.846. The van der Waals surface area contributed by atoms with Gasteiger partial charge >= 0.3 is 5.97 Å². The van der Waals surface area contributed by atoms with E-state index >= 15 is 0 Å². The van der Waals surface area contributed by atoms with E-state index < -0.39 is 0 Å². The second kappa shape index (κ2) is 5.42. The molecule has 0 radical (unpaired) electrons. The standard InChI is InChI=1S/C13H19NO4S/c1-8(15)19-10-5-7-17-13(16)11-9-4-2-3-6-14(9)18-12(10)11/h9-12H,2-7H2,1H3/t9-,10+,11-,12-/m1/s1. The second-order valence-corrected chi connectivity index (χ2v) is 6.82. The Balaban J connectivity index is 1.83. The number of esters is 1. The smallest absolute Gasteiger partial charge is 0.313 e. The van der Waals surface area contributed by atoms with Gasteiger partial charge in [0.25, 0.3) is 0 Å². The molecular weight excluding hydrogens is 266 g/mol. The summed E-state index contributed by atoms with van der Waals surface area (Å²) in [4.78, 5) is 29.5. The zero-order valence-electron chi connectivity index (χ0n) is 11.0. The molecule has 5 nitrogen and oxygen atoms in total. The summed E-state index contributed by atoms with van der Waals surface area (Å²) < 4.78 is 5.31. The maximum Gasteiger partial charge on any atom is 0.313 e. The van der Waals surface area contributed by atoms with E-state index in [1.807, 2.05) is 5.06 Å². The van der Waals surface area contributed by atoms with Crippen LogP contribution in [0.15, 0.2) is 0 Å². The van der Waals surface area contributed by atoms with Crippen molar-refractivity contribution < 1.29 is 19.2 Å². The molecule has 0 aliphatic carbocycles. The van der Waals surface area contributed by atoms with E-state index in [-0.39, 0.29) is 34.4 Å². The summed E-state index contributed by atoms with van der Waals surface area (Å²) in [5.74, 6) is -0.370. The van der Waals surface area contributed by atoms with Crippen molar-refractivity contribution >= 4 is 22.8 Å². The van der Waals surface area contributed by atoms with Gasteiger partial charge in [-0.05, 0) is 19.3 Å². The molecule has 0 aromatic carbocycles. The molecule has 0 aromatic rings. The summed E-state index contributed by atoms with van der Waals surface area (Å²) in [7, 11) is 0. The highest BCUT2D eigenvalue weighted by molar-refractivity contribution is 8.14. The highest BCUT2D eigenvalue weighted by atomic mass is 32.2. The Morgan fingerprint density at radius 2 is 2.21 bits per heavy atom. The summed E-state index contributed by atoms with van der Waals surface area (Å²) in [6.07, 6.45) is 3.71. The number of nitrogens with zero attached hydrogens (tertiary/aromatic N) is 1. The highest BCUT2D eigenvalue weighted by Gasteiger charge is 2.53. The highest BCUT2D eigenvalue weighted by Crippen LogP contribution is 2.41. The lowest BCUT2D eigenvalue weighted by atomic mass is 9.88. The van der Waals surface area contributed by atoms with Crippen LogP contribution in [0.3, 0.4) is 0 Å². The van der Waals surface area contributed by atoms with Crippen LogP contribution < -0.4 is 0 Å². The van der Waals surface area contributed by atoms with Crippen LogP contribution in [0.1, 0.15) is 32.6 Å². The summed E-state index contributed by atoms with van der Waals surface area (Å²) in [5, 5.41) is 2.06. The van der Waals surface area contributed by atoms with Gasteiger partial charge in [-0.1, -0.05) is 18.2 Å². The first-order chi connectivity index (χ1) is 9.16. The molecule has 0 spiro atoms. The molecule has 4 atom stereocenters. The van der Waals surface area contributed by atoms with Gasteiger partial charge in [0.1, 0.15) is 12.0 Å². The van der Waals surface area contributed by atoms with E-state index in [9.17, 15) is 9.59 Å². The quantitative estimate of drug-likeness (QED) is 0.678. The van der Waals surface area contributed by atoms with Crippen LogP contribution in [-0.4, -0.2) is 46.7 Å². The molecular formula is C13H19NO4S. The topological polar surface area (TPSA) is 55.8 Å². The Kier molecular flexibility index (Phi) is 3.82. The van der Waals surface area contributed by atoms with Gasteiger partial charge in [0.05, 0.1) is 12.6 Å². The molecule has 0 unspecified atom stereocenters. The van der Waals surface area contributed by atoms with Crippen molar-refractivity contribution in [2.24, 2.45) is 5.92 Å². The van der Waals surface area contributed by atoms with Crippen LogP contribution in [0.25, 0.3) is 0 Å². The molecule has 3 saturated heterocycles. The normalized spacial score (nSPS) is 39.1. The average molecular weight is 285 g/mol. The van der Waals surface area contributed by atoms with Gasteiger partial charge in [0, 0.05) is 18.7 Å². The lowest BCUT2D eigenvalue weighted by Crippen LogP contribution is -2.40. The van der Waals surface area contributed by atoms with Crippen LogP contribution in [0, 0.1) is 5.92 Å². The number of thioether (sulfide) groups is 1. The predicted octanol–water partition coefficient (Wildman–Crippen LogP) is 1.37. The number of fused-ring (bicyclic) bond motifs is 3. The molecule has 0 N–H and O–H groups in total. The summed E-state index contributed by atoms with van der Waals surface area (Å²) in [6.45, 7) is 2.84. The molecule has 0 aromatic heterocycles. The van der Waals surface area contributed by atoms with Gasteiger partial charge < -0.3 is 4.74 Å². The Labute approximate surface area is 116 Å². The molecule has 6 heteroatoms. The molecule has 0 amide bonds. The lowest BCUT2D eigenvalue weighted by Gasteiger charge is -2.28. The number of cyclic esters (lactones) is 1. The fourth-order valence-corrected chi connectivity index (χ4v) is 4.32. The minimum Gasteiger partial charge on any atom is -0.465 e. The monoisotopic (exact) mass is 285 g/mol. The van der Waals surface area contributed by atoms with Crippen molar-refractivity contribution in [2.75, 3.05) is 13.2 Å². The maximum atomic E-state index is 12.2. The van der Waals surface area contributed by atoms with Gasteiger partial charge in [-0.25, -0.2) is 0 Å². The molecule has 3 fully saturated rings. The summed E-state index contributed by atoms with van der Waals surface area (Å²) in [5.41, 5.74) is 0. The van der Waals surface area contributed by atoms with Crippen LogP contribution in [-0.2, 0) is 19.2 Å². The van der Waals surface area contributed by atoms with Crippen molar-refractivity contribution in [2.45, 2.75) is 50.0 Å². The fourth-order valence-electron chi connectivity index (χ4n) is 3.33. The Morgan fingerprint density at radius 3 is 3.00 bits per heavy atom. The number of carbonyl (C=O) groups is 2. The minimum atomic E-state index is -0.223. The number of carbonyl (C=O) groups excluding carboxylic acids is 2. The van der Waals surface area contributed by atoms with Crippen molar-refractivity contribution in [1.29, 1.82) is 0 Å². The number of hydrogen-bond acceptors (Lipinski definition) is 6. The van der Waals surface area contributed by atoms with Crippen LogP contribution in [0.5, 0.6) is 0 Å². The third kappa shape index (κ3) is 2.53. The van der Waals surface area contributed by atoms with E-state index in [1.54, 1.807) is 6.92 Å². The summed E-state index contributed by atoms with van der Waals surface area (Å²) >= 11 is 1.29. The Bertz CT molecular complexity index is 389. The van der Waals surface area contributed by atoms with E-state index in [4.69, 9.17) is 9.57 Å². The zero-order valence-corrected chi connectivity index (χ0v) is 11.9. The largest absolute Gasteiger partial charge is 0.465 e. The molecule has 0 saturated carbocycles. The second-order valence-electron chi connectivity index (χ2n) is 5.40. The van der Waals surface area contributed by atoms with Gasteiger partial charge in [-0.3, -0.25) is 14.4 Å². The Hall–Kier alpha value is -0.590. The molecule has 3 heterocycles.